The average Bonchev–Trinajstić information content (AvgIpc) is 2.67. The maximum atomic E-state index is 13.2. The molecular formula is C24H21ClO2. The van der Waals surface area contributed by atoms with Crippen molar-refractivity contribution in [3.8, 4) is 0 Å². The fourth-order valence-electron chi connectivity index (χ4n) is 3.02. The van der Waals surface area contributed by atoms with Crippen molar-refractivity contribution < 1.29 is 9.59 Å². The molecule has 0 aliphatic carbocycles. The van der Waals surface area contributed by atoms with Crippen molar-refractivity contribution in [2.45, 2.75) is 26.2 Å². The molecule has 0 saturated heterocycles. The quantitative estimate of drug-likeness (QED) is 0.480. The van der Waals surface area contributed by atoms with Crippen molar-refractivity contribution in [1.29, 1.82) is 0 Å². The molecule has 0 heterocycles. The van der Waals surface area contributed by atoms with Crippen molar-refractivity contribution >= 4 is 23.2 Å². The van der Waals surface area contributed by atoms with Gasteiger partial charge in [0.25, 0.3) is 0 Å². The lowest BCUT2D eigenvalue weighted by Crippen LogP contribution is -2.17. The monoisotopic (exact) mass is 376 g/mol. The zero-order chi connectivity index (χ0) is 19.4. The van der Waals surface area contributed by atoms with E-state index in [4.69, 9.17) is 11.6 Å². The van der Waals surface area contributed by atoms with Crippen LogP contribution in [0.2, 0.25) is 5.02 Å². The molecule has 0 N–H and O–H groups in total. The van der Waals surface area contributed by atoms with Gasteiger partial charge in [0, 0.05) is 22.6 Å². The predicted octanol–water partition coefficient (Wildman–Crippen LogP) is 6.20. The third-order valence-electron chi connectivity index (χ3n) is 4.69. The van der Waals surface area contributed by atoms with Crippen LogP contribution in [0.5, 0.6) is 0 Å². The van der Waals surface area contributed by atoms with E-state index < -0.39 is 5.92 Å². The molecule has 1 atom stereocenters. The molecule has 0 fully saturated rings. The minimum Gasteiger partial charge on any atom is -0.294 e. The molecule has 0 saturated carbocycles. The number of aryl methyl sites for hydroxylation is 2. The summed E-state index contributed by atoms with van der Waals surface area (Å²) >= 11 is 5.99. The van der Waals surface area contributed by atoms with Crippen LogP contribution in [0.4, 0.5) is 0 Å². The van der Waals surface area contributed by atoms with Crippen LogP contribution in [0.25, 0.3) is 0 Å². The average molecular weight is 377 g/mol. The first kappa shape index (κ1) is 19.1. The van der Waals surface area contributed by atoms with Gasteiger partial charge in [-0.05, 0) is 31.5 Å². The lowest BCUT2D eigenvalue weighted by Gasteiger charge is -2.16. The third-order valence-corrected chi connectivity index (χ3v) is 4.94. The molecule has 0 spiro atoms. The molecule has 0 amide bonds. The van der Waals surface area contributed by atoms with Crippen molar-refractivity contribution in [3.63, 3.8) is 0 Å². The van der Waals surface area contributed by atoms with Crippen LogP contribution in [0, 0.1) is 13.8 Å². The second-order valence-corrected chi connectivity index (χ2v) is 7.26. The van der Waals surface area contributed by atoms with Gasteiger partial charge in [0.15, 0.2) is 11.6 Å². The molecule has 0 radical (unpaired) electrons. The van der Waals surface area contributed by atoms with E-state index in [1.807, 2.05) is 74.5 Å². The van der Waals surface area contributed by atoms with Gasteiger partial charge >= 0.3 is 0 Å². The number of benzene rings is 3. The van der Waals surface area contributed by atoms with E-state index in [-0.39, 0.29) is 18.0 Å². The number of hydrogen-bond donors (Lipinski definition) is 0. The highest BCUT2D eigenvalue weighted by molar-refractivity contribution is 6.30. The van der Waals surface area contributed by atoms with Crippen LogP contribution in [0.3, 0.4) is 0 Å². The van der Waals surface area contributed by atoms with Crippen LogP contribution >= 0.6 is 11.6 Å². The minimum atomic E-state index is -0.543. The van der Waals surface area contributed by atoms with Gasteiger partial charge in [-0.1, -0.05) is 83.4 Å². The van der Waals surface area contributed by atoms with Crippen molar-refractivity contribution in [2.24, 2.45) is 0 Å². The molecule has 27 heavy (non-hydrogen) atoms. The lowest BCUT2D eigenvalue weighted by molar-refractivity contribution is 0.0893. The first-order valence-electron chi connectivity index (χ1n) is 8.90. The van der Waals surface area contributed by atoms with Crippen molar-refractivity contribution in [3.05, 3.63) is 106 Å². The molecule has 3 aromatic carbocycles. The van der Waals surface area contributed by atoms with E-state index in [1.54, 1.807) is 12.1 Å². The zero-order valence-corrected chi connectivity index (χ0v) is 16.2. The summed E-state index contributed by atoms with van der Waals surface area (Å²) in [5.74, 6) is -0.646. The molecule has 0 aliphatic rings. The Morgan fingerprint density at radius 2 is 1.22 bits per heavy atom. The summed E-state index contributed by atoms with van der Waals surface area (Å²) in [7, 11) is 0. The molecule has 3 rings (SSSR count). The van der Waals surface area contributed by atoms with E-state index in [9.17, 15) is 9.59 Å². The second-order valence-electron chi connectivity index (χ2n) is 6.83. The van der Waals surface area contributed by atoms with Crippen molar-refractivity contribution in [2.75, 3.05) is 0 Å². The number of Topliss-reactive ketones (excluding diaryl/α,β-unsaturated/α-hetero) is 2. The number of rotatable bonds is 6. The van der Waals surface area contributed by atoms with E-state index in [0.29, 0.717) is 16.1 Å². The highest BCUT2D eigenvalue weighted by Crippen LogP contribution is 2.28. The van der Waals surface area contributed by atoms with Gasteiger partial charge in [-0.15, -0.1) is 0 Å². The fourth-order valence-corrected chi connectivity index (χ4v) is 3.14. The largest absolute Gasteiger partial charge is 0.294 e. The summed E-state index contributed by atoms with van der Waals surface area (Å²) in [5, 5.41) is 0.602. The molecule has 0 aliphatic heterocycles. The van der Waals surface area contributed by atoms with Gasteiger partial charge in [-0.25, -0.2) is 0 Å². The Morgan fingerprint density at radius 1 is 0.741 bits per heavy atom. The van der Waals surface area contributed by atoms with Crippen molar-refractivity contribution in [1.82, 2.24) is 0 Å². The topological polar surface area (TPSA) is 34.1 Å². The molecule has 1 unspecified atom stereocenters. The smallest absolute Gasteiger partial charge is 0.170 e. The Labute approximate surface area is 164 Å². The van der Waals surface area contributed by atoms with Crippen LogP contribution in [-0.2, 0) is 0 Å². The Morgan fingerprint density at radius 3 is 1.74 bits per heavy atom. The number of carbonyl (C=O) groups excluding carboxylic acids is 2. The molecular weight excluding hydrogens is 356 g/mol. The standard InChI is InChI=1S/C24H21ClO2/c1-16-3-7-19(8-4-16)23(26)15-22(18-11-13-21(25)14-12-18)24(27)20-9-5-17(2)6-10-20/h3-14,22H,15H2,1-2H3. The zero-order valence-electron chi connectivity index (χ0n) is 15.4. The van der Waals surface area contributed by atoms with E-state index >= 15 is 0 Å². The number of hydrogen-bond acceptors (Lipinski definition) is 2. The molecule has 3 aromatic rings. The number of carbonyl (C=O) groups is 2. The molecule has 2 nitrogen and oxygen atoms in total. The van der Waals surface area contributed by atoms with Crippen LogP contribution in [-0.4, -0.2) is 11.6 Å². The maximum absolute atomic E-state index is 13.2. The first-order valence-corrected chi connectivity index (χ1v) is 9.28. The Kier molecular flexibility index (Phi) is 5.88. The molecule has 136 valence electrons. The highest BCUT2D eigenvalue weighted by Gasteiger charge is 2.25. The fraction of sp³-hybridized carbons (Fsp3) is 0.167. The molecule has 3 heteroatoms. The first-order chi connectivity index (χ1) is 12.9. The van der Waals surface area contributed by atoms with Crippen LogP contribution < -0.4 is 0 Å². The second kappa shape index (κ2) is 8.32. The summed E-state index contributed by atoms with van der Waals surface area (Å²) in [5.41, 5.74) is 4.21. The maximum Gasteiger partial charge on any atom is 0.170 e. The summed E-state index contributed by atoms with van der Waals surface area (Å²) < 4.78 is 0. The summed E-state index contributed by atoms with van der Waals surface area (Å²) in [4.78, 5) is 26.0. The summed E-state index contributed by atoms with van der Waals surface area (Å²) in [6, 6.07) is 22.0. The Hall–Kier alpha value is -2.71. The summed E-state index contributed by atoms with van der Waals surface area (Å²) in [6.07, 6.45) is 0.122. The van der Waals surface area contributed by atoms with E-state index in [1.165, 1.54) is 0 Å². The normalized spacial score (nSPS) is 11.8. The van der Waals surface area contributed by atoms with Gasteiger partial charge < -0.3 is 0 Å². The van der Waals surface area contributed by atoms with Crippen LogP contribution in [0.1, 0.15) is 49.7 Å². The van der Waals surface area contributed by atoms with E-state index in [2.05, 4.69) is 0 Å². The van der Waals surface area contributed by atoms with E-state index in [0.717, 1.165) is 16.7 Å². The van der Waals surface area contributed by atoms with Crippen LogP contribution in [0.15, 0.2) is 72.8 Å². The third kappa shape index (κ3) is 4.72. The number of halogens is 1. The molecule has 0 bridgehead atoms. The molecule has 0 aromatic heterocycles. The summed E-state index contributed by atoms with van der Waals surface area (Å²) in [6.45, 7) is 3.96. The number of ketones is 2. The minimum absolute atomic E-state index is 0.0459. The van der Waals surface area contributed by atoms with Gasteiger partial charge in [0.1, 0.15) is 0 Å². The van der Waals surface area contributed by atoms with Gasteiger partial charge in [-0.2, -0.15) is 0 Å². The highest BCUT2D eigenvalue weighted by atomic mass is 35.5. The van der Waals surface area contributed by atoms with Gasteiger partial charge in [-0.3, -0.25) is 9.59 Å². The lowest BCUT2D eigenvalue weighted by atomic mass is 9.85. The Bertz CT molecular complexity index is 939. The SMILES string of the molecule is Cc1ccc(C(=O)CC(C(=O)c2ccc(C)cc2)c2ccc(Cl)cc2)cc1. The van der Waals surface area contributed by atoms with Gasteiger partial charge in [0.05, 0.1) is 5.92 Å². The Balaban J connectivity index is 1.93. The van der Waals surface area contributed by atoms with Gasteiger partial charge in [0.2, 0.25) is 0 Å². The predicted molar refractivity (Wildman–Crippen MR) is 110 cm³/mol.